The van der Waals surface area contributed by atoms with Crippen LogP contribution in [0.3, 0.4) is 0 Å². The molecule has 0 bridgehead atoms. The summed E-state index contributed by atoms with van der Waals surface area (Å²) in [5, 5.41) is 20.3. The average Bonchev–Trinajstić information content (AvgIpc) is 3.42. The van der Waals surface area contributed by atoms with E-state index in [1.165, 1.54) is 11.1 Å². The normalized spacial score (nSPS) is 27.7. The third-order valence-corrected chi connectivity index (χ3v) is 7.33. The summed E-state index contributed by atoms with van der Waals surface area (Å²) in [5.74, 6) is 0.423. The minimum Gasteiger partial charge on any atom is -0.390 e. The number of benzene rings is 1. The highest BCUT2D eigenvalue weighted by molar-refractivity contribution is 7.84. The van der Waals surface area contributed by atoms with E-state index < -0.39 is 15.9 Å². The van der Waals surface area contributed by atoms with E-state index in [0.717, 1.165) is 29.7 Å². The number of aryl methyl sites for hydroxylation is 1. The van der Waals surface area contributed by atoms with E-state index in [0.29, 0.717) is 12.8 Å². The van der Waals surface area contributed by atoms with Crippen LogP contribution in [0.5, 0.6) is 0 Å². The first-order valence-corrected chi connectivity index (χ1v) is 12.2. The summed E-state index contributed by atoms with van der Waals surface area (Å²) in [7, 11) is -4.05. The Balaban J connectivity index is 1.39. The van der Waals surface area contributed by atoms with Gasteiger partial charge in [-0.1, -0.05) is 24.3 Å². The molecule has 2 heterocycles. The average molecular weight is 458 g/mol. The van der Waals surface area contributed by atoms with Crippen molar-refractivity contribution in [2.75, 3.05) is 11.9 Å². The van der Waals surface area contributed by atoms with Crippen LogP contribution in [0, 0.1) is 5.92 Å². The molecule has 0 spiro atoms. The third kappa shape index (κ3) is 3.99. The molecule has 0 radical (unpaired) electrons. The minimum atomic E-state index is -4.05. The number of aromatic nitrogens is 3. The van der Waals surface area contributed by atoms with E-state index in [1.54, 1.807) is 13.3 Å². The SMILES string of the molecule is C[C@]1(O)C[C@H](n2ccc3c(N[C@H]4CCc5ccccc54)ncnc32)C[C@H]1COS(N)(=O)=O. The number of rotatable bonds is 6. The van der Waals surface area contributed by atoms with Crippen LogP contribution >= 0.6 is 0 Å². The lowest BCUT2D eigenvalue weighted by Crippen LogP contribution is -2.33. The fraction of sp³-hybridized carbons (Fsp3) is 0.455. The summed E-state index contributed by atoms with van der Waals surface area (Å²) < 4.78 is 29.2. The number of aliphatic hydroxyl groups is 1. The Morgan fingerprint density at radius 1 is 1.31 bits per heavy atom. The number of nitrogens with one attached hydrogen (secondary N) is 1. The Hall–Kier alpha value is -2.53. The first-order valence-electron chi connectivity index (χ1n) is 10.8. The monoisotopic (exact) mass is 457 g/mol. The summed E-state index contributed by atoms with van der Waals surface area (Å²) in [5.41, 5.74) is 2.38. The molecule has 0 aliphatic heterocycles. The van der Waals surface area contributed by atoms with Gasteiger partial charge in [-0.15, -0.1) is 0 Å². The first kappa shape index (κ1) is 21.3. The van der Waals surface area contributed by atoms with E-state index in [4.69, 9.17) is 9.32 Å². The third-order valence-electron chi connectivity index (χ3n) is 6.86. The molecular weight excluding hydrogens is 430 g/mol. The Morgan fingerprint density at radius 2 is 2.12 bits per heavy atom. The molecule has 5 rings (SSSR count). The standard InChI is InChI=1S/C22H27N5O4S/c1-22(28)11-16(10-15(22)12-31-32(23,29)30)27-9-8-18-20(24-13-25-21(18)27)26-19-7-6-14-4-2-3-5-17(14)19/h2-5,8-9,13,15-16,19,28H,6-7,10-12H2,1H3,(H2,23,29,30)(H,24,25,26)/t15-,16+,19-,22-/m0/s1. The lowest BCUT2D eigenvalue weighted by atomic mass is 9.94. The summed E-state index contributed by atoms with van der Waals surface area (Å²) in [6, 6.07) is 10.6. The van der Waals surface area contributed by atoms with Gasteiger partial charge in [0.15, 0.2) is 0 Å². The van der Waals surface area contributed by atoms with Crippen molar-refractivity contribution in [2.24, 2.45) is 11.1 Å². The second kappa shape index (κ2) is 7.80. The van der Waals surface area contributed by atoms with Crippen LogP contribution in [0.1, 0.15) is 49.4 Å². The second-order valence-electron chi connectivity index (χ2n) is 9.04. The molecule has 1 aromatic carbocycles. The Bertz CT molecular complexity index is 1260. The number of nitrogens with zero attached hydrogens (tertiary/aromatic N) is 3. The van der Waals surface area contributed by atoms with Crippen molar-refractivity contribution in [3.05, 3.63) is 54.0 Å². The molecule has 0 amide bonds. The molecule has 3 aromatic rings. The highest BCUT2D eigenvalue weighted by Gasteiger charge is 2.44. The van der Waals surface area contributed by atoms with Gasteiger partial charge < -0.3 is 15.0 Å². The maximum Gasteiger partial charge on any atom is 0.333 e. The van der Waals surface area contributed by atoms with Crippen molar-refractivity contribution in [1.29, 1.82) is 0 Å². The highest BCUT2D eigenvalue weighted by Crippen LogP contribution is 2.44. The smallest absolute Gasteiger partial charge is 0.333 e. The van der Waals surface area contributed by atoms with Crippen LogP contribution in [0.15, 0.2) is 42.9 Å². The molecule has 2 aliphatic rings. The van der Waals surface area contributed by atoms with Crippen molar-refractivity contribution >= 4 is 27.2 Å². The fourth-order valence-electron chi connectivity index (χ4n) is 5.20. The molecule has 32 heavy (non-hydrogen) atoms. The van der Waals surface area contributed by atoms with Gasteiger partial charge in [-0.2, -0.15) is 8.42 Å². The van der Waals surface area contributed by atoms with Gasteiger partial charge in [0, 0.05) is 18.2 Å². The molecule has 9 nitrogen and oxygen atoms in total. The number of fused-ring (bicyclic) bond motifs is 2. The molecule has 1 saturated carbocycles. The lowest BCUT2D eigenvalue weighted by molar-refractivity contribution is 0.00282. The van der Waals surface area contributed by atoms with Crippen LogP contribution in [0.25, 0.3) is 11.0 Å². The quantitative estimate of drug-likeness (QED) is 0.518. The van der Waals surface area contributed by atoms with E-state index in [2.05, 4.69) is 39.6 Å². The van der Waals surface area contributed by atoms with Gasteiger partial charge in [-0.05, 0) is 49.8 Å². The van der Waals surface area contributed by atoms with Crippen molar-refractivity contribution in [2.45, 2.75) is 50.3 Å². The summed E-state index contributed by atoms with van der Waals surface area (Å²) >= 11 is 0. The van der Waals surface area contributed by atoms with Crippen LogP contribution < -0.4 is 10.5 Å². The maximum absolute atomic E-state index is 11.2. The van der Waals surface area contributed by atoms with Crippen molar-refractivity contribution in [3.63, 3.8) is 0 Å². The summed E-state index contributed by atoms with van der Waals surface area (Å²) in [6.07, 6.45) is 6.58. The fourth-order valence-corrected chi connectivity index (χ4v) is 5.55. The predicted octanol–water partition coefficient (Wildman–Crippen LogP) is 2.45. The molecular formula is C22H27N5O4S. The van der Waals surface area contributed by atoms with Gasteiger partial charge in [-0.3, -0.25) is 4.18 Å². The van der Waals surface area contributed by atoms with Crippen molar-refractivity contribution in [1.82, 2.24) is 14.5 Å². The topological polar surface area (TPSA) is 132 Å². The van der Waals surface area contributed by atoms with Crippen molar-refractivity contribution < 1.29 is 17.7 Å². The maximum atomic E-state index is 11.2. The summed E-state index contributed by atoms with van der Waals surface area (Å²) in [4.78, 5) is 9.00. The molecule has 4 N–H and O–H groups in total. The largest absolute Gasteiger partial charge is 0.390 e. The van der Waals surface area contributed by atoms with Gasteiger partial charge in [0.25, 0.3) is 0 Å². The number of anilines is 1. The Morgan fingerprint density at radius 3 is 2.94 bits per heavy atom. The van der Waals surface area contributed by atoms with Crippen LogP contribution in [-0.2, 0) is 20.9 Å². The van der Waals surface area contributed by atoms with Gasteiger partial charge in [-0.25, -0.2) is 15.1 Å². The van der Waals surface area contributed by atoms with Gasteiger partial charge in [0.05, 0.1) is 23.6 Å². The van der Waals surface area contributed by atoms with Gasteiger partial charge in [0.1, 0.15) is 17.8 Å². The van der Waals surface area contributed by atoms with Gasteiger partial charge >= 0.3 is 10.3 Å². The molecule has 2 aromatic heterocycles. The van der Waals surface area contributed by atoms with E-state index in [-0.39, 0.29) is 24.6 Å². The first-order chi connectivity index (χ1) is 15.2. The Labute approximate surface area is 186 Å². The molecule has 0 unspecified atom stereocenters. The lowest BCUT2D eigenvalue weighted by Gasteiger charge is -2.24. The molecule has 170 valence electrons. The predicted molar refractivity (Wildman–Crippen MR) is 120 cm³/mol. The summed E-state index contributed by atoms with van der Waals surface area (Å²) in [6.45, 7) is 1.56. The Kier molecular flexibility index (Phi) is 5.20. The van der Waals surface area contributed by atoms with E-state index in [9.17, 15) is 13.5 Å². The zero-order valence-electron chi connectivity index (χ0n) is 17.8. The van der Waals surface area contributed by atoms with Gasteiger partial charge in [0.2, 0.25) is 0 Å². The van der Waals surface area contributed by atoms with Crippen LogP contribution in [0.4, 0.5) is 5.82 Å². The van der Waals surface area contributed by atoms with E-state index >= 15 is 0 Å². The second-order valence-corrected chi connectivity index (χ2v) is 10.3. The van der Waals surface area contributed by atoms with Crippen molar-refractivity contribution in [3.8, 4) is 0 Å². The molecule has 4 atom stereocenters. The molecule has 0 saturated heterocycles. The molecule has 10 heteroatoms. The number of hydrogen-bond donors (Lipinski definition) is 3. The minimum absolute atomic E-state index is 0.0495. The van der Waals surface area contributed by atoms with E-state index in [1.807, 2.05) is 16.8 Å². The highest BCUT2D eigenvalue weighted by atomic mass is 32.2. The van der Waals surface area contributed by atoms with Crippen LogP contribution in [-0.4, -0.2) is 40.3 Å². The zero-order chi connectivity index (χ0) is 22.5. The number of nitrogens with two attached hydrogens (primary N) is 1. The number of hydrogen-bond acceptors (Lipinski definition) is 7. The zero-order valence-corrected chi connectivity index (χ0v) is 18.6. The molecule has 2 aliphatic carbocycles. The molecule has 1 fully saturated rings. The van der Waals surface area contributed by atoms with Crippen LogP contribution in [0.2, 0.25) is 0 Å².